The molecule has 4 nitrogen and oxygen atoms in total. The van der Waals surface area contributed by atoms with Gasteiger partial charge < -0.3 is 4.74 Å². The van der Waals surface area contributed by atoms with E-state index in [9.17, 15) is 0 Å². The van der Waals surface area contributed by atoms with Crippen molar-refractivity contribution in [1.29, 1.82) is 0 Å². The minimum absolute atomic E-state index is 0.722. The fraction of sp³-hybridized carbons (Fsp3) is 0.400. The van der Waals surface area contributed by atoms with Gasteiger partial charge in [-0.1, -0.05) is 17.8 Å². The summed E-state index contributed by atoms with van der Waals surface area (Å²) in [5, 5.41) is 9.96. The normalized spacial score (nSPS) is 10.8. The van der Waals surface area contributed by atoms with E-state index >= 15 is 0 Å². The van der Waals surface area contributed by atoms with Gasteiger partial charge in [0.1, 0.15) is 5.82 Å². The highest BCUT2D eigenvalue weighted by Gasteiger charge is 2.04. The first-order valence-corrected chi connectivity index (χ1v) is 6.80. The van der Waals surface area contributed by atoms with Gasteiger partial charge in [0.25, 0.3) is 0 Å². The first kappa shape index (κ1) is 11.6. The first-order chi connectivity index (χ1) is 7.88. The van der Waals surface area contributed by atoms with Crippen LogP contribution < -0.4 is 0 Å². The van der Waals surface area contributed by atoms with Crippen molar-refractivity contribution in [3.63, 3.8) is 0 Å². The van der Waals surface area contributed by atoms with Crippen LogP contribution in [0.15, 0.2) is 22.7 Å². The van der Waals surface area contributed by atoms with E-state index in [1.165, 1.54) is 4.88 Å². The van der Waals surface area contributed by atoms with Crippen LogP contribution in [0.4, 0.5) is 0 Å². The highest BCUT2D eigenvalue weighted by Crippen LogP contribution is 2.15. The van der Waals surface area contributed by atoms with Gasteiger partial charge >= 0.3 is 0 Å². The zero-order valence-electron chi connectivity index (χ0n) is 8.97. The number of aromatic nitrogens is 3. The van der Waals surface area contributed by atoms with Gasteiger partial charge in [-0.2, -0.15) is 0 Å². The first-order valence-electron chi connectivity index (χ1n) is 4.94. The number of hydrogen-bond donors (Lipinski definition) is 1. The van der Waals surface area contributed by atoms with Gasteiger partial charge in [0.05, 0.1) is 6.61 Å². The number of thiophene rings is 1. The number of nitrogens with zero attached hydrogens (tertiary/aromatic N) is 2. The van der Waals surface area contributed by atoms with E-state index in [4.69, 9.17) is 4.74 Å². The molecule has 2 aromatic rings. The lowest BCUT2D eigenvalue weighted by atomic mass is 10.3. The number of nitrogens with one attached hydrogen (secondary N) is 1. The Morgan fingerprint density at radius 3 is 3.25 bits per heavy atom. The molecule has 2 rings (SSSR count). The number of ether oxygens (including phenoxy) is 1. The lowest BCUT2D eigenvalue weighted by Gasteiger charge is -1.93. The Kier molecular flexibility index (Phi) is 4.38. The molecule has 0 aromatic carbocycles. The maximum absolute atomic E-state index is 4.97. The molecule has 0 spiro atoms. The lowest BCUT2D eigenvalue weighted by molar-refractivity contribution is 0.218. The highest BCUT2D eigenvalue weighted by atomic mass is 32.2. The molecule has 16 heavy (non-hydrogen) atoms. The standard InChI is InChI=1S/C10H13N3OS2/c1-14-4-6-16-10-11-9(12-13-10)7-8-3-2-5-15-8/h2-3,5H,4,6-7H2,1H3,(H,11,12,13). The number of H-pyrrole nitrogens is 1. The molecule has 0 bridgehead atoms. The zero-order valence-corrected chi connectivity index (χ0v) is 10.6. The summed E-state index contributed by atoms with van der Waals surface area (Å²) in [7, 11) is 1.70. The molecule has 0 radical (unpaired) electrons. The van der Waals surface area contributed by atoms with Gasteiger partial charge in [-0.3, -0.25) is 5.10 Å². The van der Waals surface area contributed by atoms with E-state index < -0.39 is 0 Å². The summed E-state index contributed by atoms with van der Waals surface area (Å²) in [6.07, 6.45) is 0.829. The minimum atomic E-state index is 0.722. The van der Waals surface area contributed by atoms with Gasteiger partial charge in [0.15, 0.2) is 0 Å². The molecule has 2 heterocycles. The molecule has 0 fully saturated rings. The number of hydrogen-bond acceptors (Lipinski definition) is 5. The van der Waals surface area contributed by atoms with E-state index in [1.54, 1.807) is 30.2 Å². The molecule has 0 atom stereocenters. The molecule has 0 aliphatic carbocycles. The predicted molar refractivity (Wildman–Crippen MR) is 66.1 cm³/mol. The fourth-order valence-electron chi connectivity index (χ4n) is 1.22. The van der Waals surface area contributed by atoms with Crippen molar-refractivity contribution in [3.05, 3.63) is 28.2 Å². The zero-order chi connectivity index (χ0) is 11.2. The van der Waals surface area contributed by atoms with Crippen molar-refractivity contribution < 1.29 is 4.74 Å². The SMILES string of the molecule is COCCSc1n[nH]c(Cc2cccs2)n1. The summed E-state index contributed by atoms with van der Waals surface area (Å²) < 4.78 is 4.97. The van der Waals surface area contributed by atoms with Crippen molar-refractivity contribution in [2.75, 3.05) is 19.5 Å². The number of rotatable bonds is 6. The van der Waals surface area contributed by atoms with Gasteiger partial charge in [-0.15, -0.1) is 16.4 Å². The summed E-state index contributed by atoms with van der Waals surface area (Å²) in [5.74, 6) is 1.80. The van der Waals surface area contributed by atoms with Crippen LogP contribution in [0.5, 0.6) is 0 Å². The van der Waals surface area contributed by atoms with Crippen LogP contribution in [-0.2, 0) is 11.2 Å². The van der Waals surface area contributed by atoms with Crippen LogP contribution >= 0.6 is 23.1 Å². The van der Waals surface area contributed by atoms with Crippen LogP contribution in [0.25, 0.3) is 0 Å². The van der Waals surface area contributed by atoms with Crippen LogP contribution in [0, 0.1) is 0 Å². The number of aromatic amines is 1. The third-order valence-electron chi connectivity index (χ3n) is 1.95. The molecule has 0 saturated heterocycles. The van der Waals surface area contributed by atoms with Gasteiger partial charge in [-0.25, -0.2) is 4.98 Å². The van der Waals surface area contributed by atoms with Crippen molar-refractivity contribution in [1.82, 2.24) is 15.2 Å². The second-order valence-electron chi connectivity index (χ2n) is 3.16. The van der Waals surface area contributed by atoms with Crippen LogP contribution in [0.3, 0.4) is 0 Å². The second-order valence-corrected chi connectivity index (χ2v) is 5.26. The third kappa shape index (κ3) is 3.33. The number of thioether (sulfide) groups is 1. The topological polar surface area (TPSA) is 50.8 Å². The summed E-state index contributed by atoms with van der Waals surface area (Å²) in [5.41, 5.74) is 0. The average molecular weight is 255 g/mol. The Hall–Kier alpha value is -0.850. The summed E-state index contributed by atoms with van der Waals surface area (Å²) in [6.45, 7) is 0.722. The Morgan fingerprint density at radius 1 is 1.56 bits per heavy atom. The summed E-state index contributed by atoms with van der Waals surface area (Å²) in [4.78, 5) is 5.70. The predicted octanol–water partition coefficient (Wildman–Crippen LogP) is 2.20. The Labute approximate surface area is 102 Å². The molecule has 0 amide bonds. The van der Waals surface area contributed by atoms with Gasteiger partial charge in [0, 0.05) is 24.2 Å². The largest absolute Gasteiger partial charge is 0.384 e. The monoisotopic (exact) mass is 255 g/mol. The van der Waals surface area contributed by atoms with E-state index in [0.29, 0.717) is 0 Å². The third-order valence-corrected chi connectivity index (χ3v) is 3.64. The Balaban J connectivity index is 1.87. The Bertz CT molecular complexity index is 413. The van der Waals surface area contributed by atoms with Crippen LogP contribution in [0.1, 0.15) is 10.7 Å². The van der Waals surface area contributed by atoms with Gasteiger partial charge in [-0.05, 0) is 11.4 Å². The summed E-state index contributed by atoms with van der Waals surface area (Å²) >= 11 is 3.34. The van der Waals surface area contributed by atoms with Gasteiger partial charge in [0.2, 0.25) is 5.16 Å². The van der Waals surface area contributed by atoms with E-state index in [0.717, 1.165) is 29.8 Å². The average Bonchev–Trinajstić information content (AvgIpc) is 2.91. The molecule has 1 N–H and O–H groups in total. The van der Waals surface area contributed by atoms with Crippen molar-refractivity contribution in [2.24, 2.45) is 0 Å². The van der Waals surface area contributed by atoms with E-state index in [2.05, 4.69) is 26.6 Å². The van der Waals surface area contributed by atoms with Crippen molar-refractivity contribution in [3.8, 4) is 0 Å². The van der Waals surface area contributed by atoms with E-state index in [1.807, 2.05) is 6.07 Å². The highest BCUT2D eigenvalue weighted by molar-refractivity contribution is 7.99. The molecule has 0 aliphatic rings. The van der Waals surface area contributed by atoms with Crippen molar-refractivity contribution in [2.45, 2.75) is 11.6 Å². The molecule has 0 unspecified atom stereocenters. The molecular formula is C10H13N3OS2. The smallest absolute Gasteiger partial charge is 0.208 e. The summed E-state index contributed by atoms with van der Waals surface area (Å²) in [6, 6.07) is 4.15. The maximum atomic E-state index is 4.97. The van der Waals surface area contributed by atoms with Crippen LogP contribution in [-0.4, -0.2) is 34.7 Å². The van der Waals surface area contributed by atoms with Crippen molar-refractivity contribution >= 4 is 23.1 Å². The second kappa shape index (κ2) is 6.03. The molecule has 0 saturated carbocycles. The quantitative estimate of drug-likeness (QED) is 0.635. The fourth-order valence-corrected chi connectivity index (χ4v) is 2.64. The van der Waals surface area contributed by atoms with Crippen LogP contribution in [0.2, 0.25) is 0 Å². The lowest BCUT2D eigenvalue weighted by Crippen LogP contribution is -1.91. The molecule has 6 heteroatoms. The van der Waals surface area contributed by atoms with E-state index in [-0.39, 0.29) is 0 Å². The minimum Gasteiger partial charge on any atom is -0.384 e. The number of methoxy groups -OCH3 is 1. The Morgan fingerprint density at radius 2 is 2.50 bits per heavy atom. The molecule has 86 valence electrons. The molecule has 0 aliphatic heterocycles. The molecular weight excluding hydrogens is 242 g/mol. The molecule has 2 aromatic heterocycles. The maximum Gasteiger partial charge on any atom is 0.208 e.